The van der Waals surface area contributed by atoms with E-state index in [1.54, 1.807) is 11.8 Å². The molecule has 0 radical (unpaired) electrons. The number of ether oxygens (including phenoxy) is 1. The van der Waals surface area contributed by atoms with Gasteiger partial charge in [0.1, 0.15) is 6.10 Å². The highest BCUT2D eigenvalue weighted by molar-refractivity contribution is 8.02. The fourth-order valence-corrected chi connectivity index (χ4v) is 4.19. The Bertz CT molecular complexity index is 454. The monoisotopic (exact) mass is 312 g/mol. The largest absolute Gasteiger partial charge is 0.477 e. The second kappa shape index (κ2) is 5.64. The first-order chi connectivity index (χ1) is 9.63. The molecule has 6 heteroatoms. The van der Waals surface area contributed by atoms with Gasteiger partial charge in [-0.3, -0.25) is 4.79 Å². The molecule has 20 heavy (non-hydrogen) atoms. The number of carbonyl (C=O) groups is 1. The third-order valence-electron chi connectivity index (χ3n) is 4.44. The Labute approximate surface area is 129 Å². The van der Waals surface area contributed by atoms with E-state index >= 15 is 0 Å². The van der Waals surface area contributed by atoms with E-state index in [4.69, 9.17) is 17.4 Å². The lowest BCUT2D eigenvalue weighted by atomic mass is 9.97. The van der Waals surface area contributed by atoms with Crippen molar-refractivity contribution in [2.24, 2.45) is 10.9 Å². The Morgan fingerprint density at radius 3 is 3.15 bits per heavy atom. The summed E-state index contributed by atoms with van der Waals surface area (Å²) in [6.45, 7) is 3.63. The van der Waals surface area contributed by atoms with Crippen LogP contribution in [0.25, 0.3) is 0 Å². The minimum absolute atomic E-state index is 0.0303. The fourth-order valence-electron chi connectivity index (χ4n) is 2.97. The van der Waals surface area contributed by atoms with Crippen LogP contribution >= 0.6 is 24.4 Å². The minimum Gasteiger partial charge on any atom is -0.477 e. The van der Waals surface area contributed by atoms with Crippen LogP contribution in [0.3, 0.4) is 0 Å². The molecule has 0 aromatic rings. The Hall–Kier alpha value is -0.620. The summed E-state index contributed by atoms with van der Waals surface area (Å²) in [5, 5.41) is 2.08. The zero-order chi connectivity index (χ0) is 14.2. The fraction of sp³-hybridized carbons (Fsp3) is 0.714. The van der Waals surface area contributed by atoms with Crippen LogP contribution in [0.15, 0.2) is 16.5 Å². The van der Waals surface area contributed by atoms with E-state index in [9.17, 15) is 4.79 Å². The lowest BCUT2D eigenvalue weighted by Gasteiger charge is -2.26. The predicted molar refractivity (Wildman–Crippen MR) is 85.4 cm³/mol. The second-order valence-electron chi connectivity index (χ2n) is 5.71. The van der Waals surface area contributed by atoms with Gasteiger partial charge in [0.2, 0.25) is 0 Å². The number of carbonyl (C=O) groups excluding carboxylic acids is 1. The highest BCUT2D eigenvalue weighted by Gasteiger charge is 2.44. The molecule has 3 aliphatic heterocycles. The highest BCUT2D eigenvalue weighted by atomic mass is 32.2. The molecule has 4 atom stereocenters. The van der Waals surface area contributed by atoms with Crippen LogP contribution in [0, 0.1) is 5.92 Å². The van der Waals surface area contributed by atoms with Crippen LogP contribution in [0.1, 0.15) is 19.8 Å². The number of likely N-dealkylation sites (tertiary alicyclic amines) is 1. The van der Waals surface area contributed by atoms with E-state index in [0.29, 0.717) is 0 Å². The average Bonchev–Trinajstić information content (AvgIpc) is 3.18. The van der Waals surface area contributed by atoms with Gasteiger partial charge < -0.3 is 9.64 Å². The lowest BCUT2D eigenvalue weighted by molar-refractivity contribution is -0.133. The standard InChI is InChI=1S/C14H20N2O2S2/c1-2-14(19)4-5-16(8-14)13(17)11-12(18-9-15-11)10-3-6-20-7-10/h3,6,9-12,19H,2,4-5,7-8H2,1H3/t10?,11-,12+,14+/m0/s1. The second-order valence-corrected chi connectivity index (χ2v) is 7.60. The quantitative estimate of drug-likeness (QED) is 0.810. The number of hydrogen-bond donors (Lipinski definition) is 1. The average molecular weight is 312 g/mol. The first kappa shape index (κ1) is 14.3. The number of amides is 1. The topological polar surface area (TPSA) is 41.9 Å². The van der Waals surface area contributed by atoms with Gasteiger partial charge in [-0.15, -0.1) is 11.8 Å². The van der Waals surface area contributed by atoms with Gasteiger partial charge in [0, 0.05) is 29.5 Å². The first-order valence-electron chi connectivity index (χ1n) is 7.09. The van der Waals surface area contributed by atoms with Crippen molar-refractivity contribution < 1.29 is 9.53 Å². The van der Waals surface area contributed by atoms with E-state index in [1.165, 1.54) is 6.40 Å². The molecule has 1 amide bonds. The van der Waals surface area contributed by atoms with Crippen LogP contribution in [-0.2, 0) is 9.53 Å². The van der Waals surface area contributed by atoms with Crippen molar-refractivity contribution in [3.05, 3.63) is 11.5 Å². The van der Waals surface area contributed by atoms with E-state index in [0.717, 1.165) is 31.7 Å². The SMILES string of the molecule is CC[C@@]1(S)CCN(C(=O)[C@H]2N=CO[C@@H]2C2C=CSC2)C1. The molecular formula is C14H20N2O2S2. The molecule has 0 aliphatic carbocycles. The summed E-state index contributed by atoms with van der Waals surface area (Å²) < 4.78 is 5.56. The number of rotatable bonds is 3. The summed E-state index contributed by atoms with van der Waals surface area (Å²) in [4.78, 5) is 18.9. The van der Waals surface area contributed by atoms with Crippen LogP contribution in [0.5, 0.6) is 0 Å². The molecule has 3 rings (SSSR count). The van der Waals surface area contributed by atoms with Gasteiger partial charge in [0.05, 0.1) is 0 Å². The van der Waals surface area contributed by atoms with Gasteiger partial charge in [-0.2, -0.15) is 12.6 Å². The molecule has 1 unspecified atom stereocenters. The van der Waals surface area contributed by atoms with Crippen molar-refractivity contribution in [1.82, 2.24) is 4.90 Å². The van der Waals surface area contributed by atoms with Crippen LogP contribution in [-0.4, -0.2) is 52.9 Å². The van der Waals surface area contributed by atoms with Gasteiger partial charge >= 0.3 is 0 Å². The molecule has 3 aliphatic rings. The number of thiol groups is 1. The molecule has 1 saturated heterocycles. The summed E-state index contributed by atoms with van der Waals surface area (Å²) in [7, 11) is 0. The maximum absolute atomic E-state index is 12.7. The highest BCUT2D eigenvalue weighted by Crippen LogP contribution is 2.34. The molecule has 110 valence electrons. The Balaban J connectivity index is 1.67. The summed E-state index contributed by atoms with van der Waals surface area (Å²) in [6, 6.07) is -0.379. The third kappa shape index (κ3) is 2.60. The number of hydrogen-bond acceptors (Lipinski definition) is 5. The zero-order valence-electron chi connectivity index (χ0n) is 11.6. The molecule has 0 saturated carbocycles. The summed E-state index contributed by atoms with van der Waals surface area (Å²) >= 11 is 6.47. The molecule has 1 fully saturated rings. The number of aliphatic imine (C=N–C) groups is 1. The molecule has 3 heterocycles. The van der Waals surface area contributed by atoms with Crippen LogP contribution < -0.4 is 0 Å². The molecule has 4 nitrogen and oxygen atoms in total. The summed E-state index contributed by atoms with van der Waals surface area (Å²) in [6.07, 6.45) is 5.39. The van der Waals surface area contributed by atoms with Crippen LogP contribution in [0.2, 0.25) is 0 Å². The summed E-state index contributed by atoms with van der Waals surface area (Å²) in [5.41, 5.74) is 0. The molecule has 0 aromatic heterocycles. The Kier molecular flexibility index (Phi) is 4.04. The molecule has 0 bridgehead atoms. The number of thioether (sulfide) groups is 1. The normalized spacial score (nSPS) is 39.5. The first-order valence-corrected chi connectivity index (χ1v) is 8.59. The van der Waals surface area contributed by atoms with E-state index < -0.39 is 0 Å². The van der Waals surface area contributed by atoms with Crippen molar-refractivity contribution in [3.8, 4) is 0 Å². The molecular weight excluding hydrogens is 292 g/mol. The van der Waals surface area contributed by atoms with Gasteiger partial charge in [-0.1, -0.05) is 13.0 Å². The van der Waals surface area contributed by atoms with Gasteiger partial charge in [0.25, 0.3) is 5.91 Å². The van der Waals surface area contributed by atoms with E-state index in [-0.39, 0.29) is 28.7 Å². The Morgan fingerprint density at radius 2 is 2.50 bits per heavy atom. The van der Waals surface area contributed by atoms with E-state index in [1.807, 2.05) is 4.90 Å². The zero-order valence-corrected chi connectivity index (χ0v) is 13.3. The van der Waals surface area contributed by atoms with Crippen molar-refractivity contribution >= 4 is 36.7 Å². The van der Waals surface area contributed by atoms with E-state index in [2.05, 4.69) is 23.4 Å². The maximum atomic E-state index is 12.7. The molecule has 0 aromatic carbocycles. The van der Waals surface area contributed by atoms with Crippen molar-refractivity contribution in [3.63, 3.8) is 0 Å². The van der Waals surface area contributed by atoms with Crippen molar-refractivity contribution in [1.29, 1.82) is 0 Å². The van der Waals surface area contributed by atoms with Gasteiger partial charge in [-0.05, 0) is 18.2 Å². The van der Waals surface area contributed by atoms with Crippen molar-refractivity contribution in [2.45, 2.75) is 36.7 Å². The third-order valence-corrected chi connectivity index (χ3v) is 6.05. The van der Waals surface area contributed by atoms with Crippen molar-refractivity contribution in [2.75, 3.05) is 18.8 Å². The smallest absolute Gasteiger partial charge is 0.251 e. The molecule has 0 spiro atoms. The van der Waals surface area contributed by atoms with Gasteiger partial charge in [0.15, 0.2) is 12.4 Å². The summed E-state index contributed by atoms with van der Waals surface area (Å²) in [5.74, 6) is 1.35. The van der Waals surface area contributed by atoms with Gasteiger partial charge in [-0.25, -0.2) is 4.99 Å². The minimum atomic E-state index is -0.379. The molecule has 0 N–H and O–H groups in total. The predicted octanol–water partition coefficient (Wildman–Crippen LogP) is 1.97. The lowest BCUT2D eigenvalue weighted by Crippen LogP contribution is -2.45. The maximum Gasteiger partial charge on any atom is 0.251 e. The van der Waals surface area contributed by atoms with Crippen LogP contribution in [0.4, 0.5) is 0 Å². The number of nitrogens with zero attached hydrogens (tertiary/aromatic N) is 2. The Morgan fingerprint density at radius 1 is 1.65 bits per heavy atom.